The number of nitrogens with one attached hydrogen (secondary N) is 1. The van der Waals surface area contributed by atoms with Crippen LogP contribution in [0.5, 0.6) is 0 Å². The van der Waals surface area contributed by atoms with Crippen LogP contribution in [0, 0.1) is 6.92 Å². The number of benzene rings is 2. The molecule has 128 valence electrons. The van der Waals surface area contributed by atoms with Gasteiger partial charge in [-0.1, -0.05) is 30.3 Å². The lowest BCUT2D eigenvalue weighted by Crippen LogP contribution is -2.38. The fourth-order valence-electron chi connectivity index (χ4n) is 4.06. The van der Waals surface area contributed by atoms with Gasteiger partial charge >= 0.3 is 5.97 Å². The van der Waals surface area contributed by atoms with Gasteiger partial charge in [-0.25, -0.2) is 4.79 Å². The molecule has 0 aliphatic carbocycles. The van der Waals surface area contributed by atoms with Gasteiger partial charge in [0.1, 0.15) is 6.04 Å². The summed E-state index contributed by atoms with van der Waals surface area (Å²) in [6.45, 7) is 2.47. The first-order chi connectivity index (χ1) is 12.0. The Labute approximate surface area is 146 Å². The van der Waals surface area contributed by atoms with Crippen LogP contribution in [0.15, 0.2) is 48.5 Å². The summed E-state index contributed by atoms with van der Waals surface area (Å²) in [5.41, 5.74) is 3.12. The number of methoxy groups -OCH3 is 1. The molecule has 0 bridgehead atoms. The highest BCUT2D eigenvalue weighted by atomic mass is 16.5. The van der Waals surface area contributed by atoms with Crippen LogP contribution < -0.4 is 10.2 Å². The molecule has 1 spiro atoms. The minimum atomic E-state index is -0.723. The van der Waals surface area contributed by atoms with Crippen molar-refractivity contribution in [2.45, 2.75) is 24.8 Å². The van der Waals surface area contributed by atoms with Crippen molar-refractivity contribution in [2.75, 3.05) is 23.9 Å². The standard InChI is InChI=1S/C20H20N2O3/c1-13-6-5-7-14(10-13)22-12-20(11-17(22)18(23)25-2)15-8-3-4-9-16(15)21-19(20)24/h3-10,17H,11-12H2,1-2H3,(H,21,24)/t17-,20+/m0/s1. The monoisotopic (exact) mass is 336 g/mol. The number of nitrogens with zero attached hydrogens (tertiary/aromatic N) is 1. The second kappa shape index (κ2) is 5.62. The minimum Gasteiger partial charge on any atom is -0.467 e. The molecule has 0 aromatic heterocycles. The van der Waals surface area contributed by atoms with E-state index in [1.165, 1.54) is 7.11 Å². The Balaban J connectivity index is 1.81. The van der Waals surface area contributed by atoms with Gasteiger partial charge in [0.25, 0.3) is 0 Å². The fourth-order valence-corrected chi connectivity index (χ4v) is 4.06. The second-order valence-electron chi connectivity index (χ2n) is 6.79. The summed E-state index contributed by atoms with van der Waals surface area (Å²) >= 11 is 0. The van der Waals surface area contributed by atoms with Gasteiger partial charge < -0.3 is 15.0 Å². The second-order valence-corrected chi connectivity index (χ2v) is 6.79. The number of para-hydroxylation sites is 1. The first-order valence-corrected chi connectivity index (χ1v) is 8.37. The van der Waals surface area contributed by atoms with Crippen LogP contribution in [0.3, 0.4) is 0 Å². The number of hydrogen-bond donors (Lipinski definition) is 1. The van der Waals surface area contributed by atoms with Crippen molar-refractivity contribution in [3.05, 3.63) is 59.7 Å². The Morgan fingerprint density at radius 2 is 2.04 bits per heavy atom. The SMILES string of the molecule is COC(=O)[C@@H]1C[C@]2(CN1c1cccc(C)c1)C(=O)Nc1ccccc12. The molecule has 25 heavy (non-hydrogen) atoms. The van der Waals surface area contributed by atoms with Crippen LogP contribution in [0.4, 0.5) is 11.4 Å². The molecular formula is C20H20N2O3. The molecule has 2 atom stereocenters. The maximum atomic E-state index is 12.9. The lowest BCUT2D eigenvalue weighted by atomic mass is 9.79. The molecule has 2 aromatic rings. The molecule has 1 fully saturated rings. The molecule has 2 aliphatic heterocycles. The maximum absolute atomic E-state index is 12.9. The zero-order valence-electron chi connectivity index (χ0n) is 14.3. The summed E-state index contributed by atoms with van der Waals surface area (Å²) in [7, 11) is 1.39. The molecule has 0 unspecified atom stereocenters. The Morgan fingerprint density at radius 3 is 2.80 bits per heavy atom. The van der Waals surface area contributed by atoms with Crippen molar-refractivity contribution in [2.24, 2.45) is 0 Å². The number of fused-ring (bicyclic) bond motifs is 2. The zero-order chi connectivity index (χ0) is 17.6. The van der Waals surface area contributed by atoms with Crippen LogP contribution in [-0.4, -0.2) is 31.6 Å². The maximum Gasteiger partial charge on any atom is 0.328 e. The number of ether oxygens (including phenoxy) is 1. The summed E-state index contributed by atoms with van der Waals surface area (Å²) in [6, 6.07) is 15.2. The van der Waals surface area contributed by atoms with Crippen LogP contribution in [0.25, 0.3) is 0 Å². The molecule has 2 aromatic carbocycles. The van der Waals surface area contributed by atoms with Gasteiger partial charge in [-0.15, -0.1) is 0 Å². The molecular weight excluding hydrogens is 316 g/mol. The van der Waals surface area contributed by atoms with Gasteiger partial charge in [0.05, 0.1) is 12.5 Å². The smallest absolute Gasteiger partial charge is 0.328 e. The largest absolute Gasteiger partial charge is 0.467 e. The average Bonchev–Trinajstić information content (AvgIpc) is 3.15. The lowest BCUT2D eigenvalue weighted by Gasteiger charge is -2.26. The molecule has 1 saturated heterocycles. The normalized spacial score (nSPS) is 24.3. The molecule has 5 nitrogen and oxygen atoms in total. The summed E-state index contributed by atoms with van der Waals surface area (Å²) in [6.07, 6.45) is 0.413. The zero-order valence-corrected chi connectivity index (χ0v) is 14.3. The molecule has 0 saturated carbocycles. The van der Waals surface area contributed by atoms with Crippen molar-refractivity contribution in [1.82, 2.24) is 0 Å². The van der Waals surface area contributed by atoms with Gasteiger partial charge in [0.15, 0.2) is 0 Å². The predicted octanol–water partition coefficient (Wildman–Crippen LogP) is 2.64. The van der Waals surface area contributed by atoms with E-state index < -0.39 is 11.5 Å². The van der Waals surface area contributed by atoms with Crippen molar-refractivity contribution in [1.29, 1.82) is 0 Å². The van der Waals surface area contributed by atoms with Crippen LogP contribution in [0.1, 0.15) is 17.5 Å². The summed E-state index contributed by atoms with van der Waals surface area (Å²) in [4.78, 5) is 27.3. The molecule has 4 rings (SSSR count). The highest BCUT2D eigenvalue weighted by molar-refractivity contribution is 6.08. The molecule has 2 heterocycles. The van der Waals surface area contributed by atoms with E-state index in [9.17, 15) is 9.59 Å². The Hall–Kier alpha value is -2.82. The molecule has 2 aliphatic rings. The molecule has 1 amide bonds. The van der Waals surface area contributed by atoms with E-state index >= 15 is 0 Å². The third-order valence-corrected chi connectivity index (χ3v) is 5.29. The molecule has 0 radical (unpaired) electrons. The van der Waals surface area contributed by atoms with Crippen LogP contribution >= 0.6 is 0 Å². The molecule has 5 heteroatoms. The van der Waals surface area contributed by atoms with Gasteiger partial charge in [0.2, 0.25) is 5.91 Å². The van der Waals surface area contributed by atoms with Gasteiger partial charge in [-0.2, -0.15) is 0 Å². The van der Waals surface area contributed by atoms with Crippen molar-refractivity contribution in [3.63, 3.8) is 0 Å². The van der Waals surface area contributed by atoms with Crippen molar-refractivity contribution >= 4 is 23.3 Å². The van der Waals surface area contributed by atoms with Gasteiger partial charge in [-0.3, -0.25) is 4.79 Å². The number of hydrogen-bond acceptors (Lipinski definition) is 4. The number of carbonyl (C=O) groups excluding carboxylic acids is 2. The first kappa shape index (κ1) is 15.7. The highest BCUT2D eigenvalue weighted by Gasteiger charge is 2.56. The van der Waals surface area contributed by atoms with E-state index in [1.54, 1.807) is 0 Å². The van der Waals surface area contributed by atoms with E-state index in [4.69, 9.17) is 4.74 Å². The number of amides is 1. The third-order valence-electron chi connectivity index (χ3n) is 5.29. The number of esters is 1. The lowest BCUT2D eigenvalue weighted by molar-refractivity contribution is -0.142. The summed E-state index contributed by atoms with van der Waals surface area (Å²) in [5.74, 6) is -0.353. The van der Waals surface area contributed by atoms with Crippen molar-refractivity contribution < 1.29 is 14.3 Å². The summed E-state index contributed by atoms with van der Waals surface area (Å²) in [5, 5.41) is 2.97. The van der Waals surface area contributed by atoms with E-state index in [1.807, 2.05) is 60.4 Å². The Kier molecular flexibility index (Phi) is 3.53. The molecule has 1 N–H and O–H groups in total. The van der Waals surface area contributed by atoms with E-state index in [2.05, 4.69) is 5.32 Å². The number of carbonyl (C=O) groups is 2. The van der Waals surface area contributed by atoms with Crippen LogP contribution in [0.2, 0.25) is 0 Å². The quantitative estimate of drug-likeness (QED) is 0.857. The van der Waals surface area contributed by atoms with E-state index in [-0.39, 0.29) is 11.9 Å². The van der Waals surface area contributed by atoms with Crippen molar-refractivity contribution in [3.8, 4) is 0 Å². The van der Waals surface area contributed by atoms with Gasteiger partial charge in [-0.05, 0) is 42.7 Å². The van der Waals surface area contributed by atoms with E-state index in [0.717, 1.165) is 22.5 Å². The summed E-state index contributed by atoms with van der Waals surface area (Å²) < 4.78 is 5.03. The average molecular weight is 336 g/mol. The number of aryl methyl sites for hydroxylation is 1. The highest BCUT2D eigenvalue weighted by Crippen LogP contribution is 2.47. The number of anilines is 2. The number of rotatable bonds is 2. The van der Waals surface area contributed by atoms with E-state index in [0.29, 0.717) is 13.0 Å². The Morgan fingerprint density at radius 1 is 1.24 bits per heavy atom. The Bertz CT molecular complexity index is 864. The minimum absolute atomic E-state index is 0.0437. The third kappa shape index (κ3) is 2.30. The predicted molar refractivity (Wildman–Crippen MR) is 95.7 cm³/mol. The fraction of sp³-hybridized carbons (Fsp3) is 0.300. The van der Waals surface area contributed by atoms with Crippen LogP contribution in [-0.2, 0) is 19.7 Å². The van der Waals surface area contributed by atoms with Gasteiger partial charge in [0, 0.05) is 17.9 Å². The first-order valence-electron chi connectivity index (χ1n) is 8.37. The topological polar surface area (TPSA) is 58.6 Å².